The smallest absolute Gasteiger partial charge is 0.343 e. The summed E-state index contributed by atoms with van der Waals surface area (Å²) in [4.78, 5) is 25.9. The van der Waals surface area contributed by atoms with Crippen LogP contribution >= 0.6 is 0 Å². The highest BCUT2D eigenvalue weighted by molar-refractivity contribution is 5.90. The molecular weight excluding hydrogens is 420 g/mol. The molecule has 8 heteroatoms. The molecule has 8 nitrogen and oxygen atoms in total. The molecule has 3 atom stereocenters. The summed E-state index contributed by atoms with van der Waals surface area (Å²) < 4.78 is 6.27. The number of aromatic nitrogens is 2. The molecule has 1 aliphatic heterocycles. The molecule has 2 aromatic rings. The summed E-state index contributed by atoms with van der Waals surface area (Å²) in [6.45, 7) is 1.25. The molecule has 0 bridgehead atoms. The van der Waals surface area contributed by atoms with Crippen LogP contribution in [0.25, 0.3) is 0 Å². The van der Waals surface area contributed by atoms with Crippen LogP contribution < -0.4 is 5.32 Å². The molecule has 1 aromatic carbocycles. The molecule has 0 spiro atoms. The van der Waals surface area contributed by atoms with Crippen molar-refractivity contribution in [1.82, 2.24) is 10.2 Å². The highest BCUT2D eigenvalue weighted by Gasteiger charge is 2.49. The second kappa shape index (κ2) is 9.97. The number of aliphatic hydroxyl groups is 1. The molecule has 33 heavy (non-hydrogen) atoms. The third-order valence-electron chi connectivity index (χ3n) is 7.31. The van der Waals surface area contributed by atoms with E-state index >= 15 is 0 Å². The van der Waals surface area contributed by atoms with Crippen LogP contribution in [-0.2, 0) is 19.9 Å². The van der Waals surface area contributed by atoms with E-state index in [-0.39, 0.29) is 31.0 Å². The Kier molecular flexibility index (Phi) is 7.05. The average Bonchev–Trinajstić information content (AvgIpc) is 3.48. The number of nitrogens with zero attached hydrogens (tertiary/aromatic N) is 3. The van der Waals surface area contributed by atoms with E-state index in [0.717, 1.165) is 45.1 Å². The Bertz CT molecular complexity index is 951. The lowest BCUT2D eigenvalue weighted by molar-refractivity contribution is -0.913. The van der Waals surface area contributed by atoms with Crippen molar-refractivity contribution in [3.8, 4) is 0 Å². The van der Waals surface area contributed by atoms with E-state index in [1.165, 1.54) is 0 Å². The molecule has 1 saturated heterocycles. The van der Waals surface area contributed by atoms with Crippen LogP contribution in [0.4, 0.5) is 5.82 Å². The number of likely N-dealkylation sites (tertiary alicyclic amines) is 1. The SMILES string of the molecule is C[N+]1(CC(=O)Nc2cccnn2)CCCC1COC(=O)C(O)(c1ccccc1)C1CCCC1. The van der Waals surface area contributed by atoms with E-state index in [2.05, 4.69) is 15.5 Å². The van der Waals surface area contributed by atoms with Gasteiger partial charge in [0, 0.05) is 25.0 Å². The molecule has 176 valence electrons. The Balaban J connectivity index is 1.42. The van der Waals surface area contributed by atoms with Gasteiger partial charge >= 0.3 is 5.97 Å². The van der Waals surface area contributed by atoms with Crippen molar-refractivity contribution in [2.45, 2.75) is 50.2 Å². The van der Waals surface area contributed by atoms with Crippen molar-refractivity contribution in [1.29, 1.82) is 0 Å². The van der Waals surface area contributed by atoms with Gasteiger partial charge in [0.15, 0.2) is 18.0 Å². The van der Waals surface area contributed by atoms with Gasteiger partial charge in [0.1, 0.15) is 12.6 Å². The zero-order chi connectivity index (χ0) is 23.3. The van der Waals surface area contributed by atoms with Gasteiger partial charge in [0.2, 0.25) is 0 Å². The van der Waals surface area contributed by atoms with Crippen molar-refractivity contribution in [3.63, 3.8) is 0 Å². The molecule has 1 saturated carbocycles. The Morgan fingerprint density at radius 1 is 1.12 bits per heavy atom. The Morgan fingerprint density at radius 3 is 2.58 bits per heavy atom. The van der Waals surface area contributed by atoms with Crippen LogP contribution in [0.1, 0.15) is 44.1 Å². The first-order valence-corrected chi connectivity index (χ1v) is 11.8. The first kappa shape index (κ1) is 23.3. The zero-order valence-electron chi connectivity index (χ0n) is 19.2. The fraction of sp³-hybridized carbons (Fsp3) is 0.520. The number of rotatable bonds is 8. The van der Waals surface area contributed by atoms with Crippen LogP contribution in [0.15, 0.2) is 48.7 Å². The van der Waals surface area contributed by atoms with E-state index in [4.69, 9.17) is 4.74 Å². The van der Waals surface area contributed by atoms with Crippen molar-refractivity contribution in [2.24, 2.45) is 5.92 Å². The molecule has 1 aromatic heterocycles. The minimum Gasteiger partial charge on any atom is -0.457 e. The number of benzene rings is 1. The number of nitrogens with one attached hydrogen (secondary N) is 1. The fourth-order valence-electron chi connectivity index (χ4n) is 5.37. The number of anilines is 1. The number of carbonyl (C=O) groups is 2. The highest BCUT2D eigenvalue weighted by atomic mass is 16.6. The lowest BCUT2D eigenvalue weighted by atomic mass is 9.80. The summed E-state index contributed by atoms with van der Waals surface area (Å²) in [7, 11) is 2.02. The summed E-state index contributed by atoms with van der Waals surface area (Å²) >= 11 is 0. The quantitative estimate of drug-likeness (QED) is 0.471. The summed E-state index contributed by atoms with van der Waals surface area (Å²) in [6, 6.07) is 12.5. The number of carbonyl (C=O) groups excluding carboxylic acids is 2. The predicted octanol–water partition coefficient (Wildman–Crippen LogP) is 2.65. The molecule has 2 N–H and O–H groups in total. The highest BCUT2D eigenvalue weighted by Crippen LogP contribution is 2.41. The number of ether oxygens (including phenoxy) is 1. The molecule has 3 unspecified atom stereocenters. The van der Waals surface area contributed by atoms with Gasteiger partial charge < -0.3 is 19.6 Å². The molecule has 2 heterocycles. The van der Waals surface area contributed by atoms with Gasteiger partial charge in [-0.25, -0.2) is 4.79 Å². The van der Waals surface area contributed by atoms with Gasteiger partial charge in [0.05, 0.1) is 13.6 Å². The van der Waals surface area contributed by atoms with Crippen LogP contribution in [-0.4, -0.2) is 64.4 Å². The number of hydrogen-bond donors (Lipinski definition) is 2. The van der Waals surface area contributed by atoms with E-state index in [9.17, 15) is 14.7 Å². The first-order chi connectivity index (χ1) is 15.9. The number of quaternary nitrogens is 1. The van der Waals surface area contributed by atoms with Gasteiger partial charge in [-0.1, -0.05) is 43.2 Å². The first-order valence-electron chi connectivity index (χ1n) is 11.8. The minimum absolute atomic E-state index is 0.00911. The number of esters is 1. The maximum Gasteiger partial charge on any atom is 0.343 e. The number of amides is 1. The number of likely N-dealkylation sites (N-methyl/N-ethyl adjacent to an activating group) is 1. The van der Waals surface area contributed by atoms with Gasteiger partial charge in [-0.05, 0) is 30.5 Å². The van der Waals surface area contributed by atoms with Crippen LogP contribution in [0.3, 0.4) is 0 Å². The Morgan fingerprint density at radius 2 is 1.88 bits per heavy atom. The zero-order valence-corrected chi connectivity index (χ0v) is 19.2. The van der Waals surface area contributed by atoms with E-state index < -0.39 is 11.6 Å². The standard InChI is InChI=1S/C25H32N4O4/c1-29(17-23(30)27-22-14-7-15-26-28-22)16-8-13-21(29)18-33-24(31)25(32,20-11-5-6-12-20)19-9-3-2-4-10-19/h2-4,7,9-10,14-15,20-21,32H,5-6,8,11-13,16-18H2,1H3/p+1. The van der Waals surface area contributed by atoms with E-state index in [0.29, 0.717) is 15.9 Å². The Labute approximate surface area is 194 Å². The maximum atomic E-state index is 13.3. The fourth-order valence-corrected chi connectivity index (χ4v) is 5.37. The largest absolute Gasteiger partial charge is 0.457 e. The van der Waals surface area contributed by atoms with Crippen molar-refractivity contribution in [2.75, 3.05) is 32.1 Å². The van der Waals surface area contributed by atoms with Crippen molar-refractivity contribution < 1.29 is 23.9 Å². The lowest BCUT2D eigenvalue weighted by Gasteiger charge is -2.36. The van der Waals surface area contributed by atoms with Gasteiger partial charge in [-0.2, -0.15) is 5.10 Å². The monoisotopic (exact) mass is 453 g/mol. The molecule has 1 aliphatic carbocycles. The second-order valence-corrected chi connectivity index (χ2v) is 9.53. The van der Waals surface area contributed by atoms with Gasteiger partial charge in [-0.3, -0.25) is 4.79 Å². The average molecular weight is 454 g/mol. The number of hydrogen-bond acceptors (Lipinski definition) is 6. The summed E-state index contributed by atoms with van der Waals surface area (Å²) in [5, 5.41) is 22.1. The van der Waals surface area contributed by atoms with Gasteiger partial charge in [-0.15, -0.1) is 5.10 Å². The molecule has 2 fully saturated rings. The predicted molar refractivity (Wildman–Crippen MR) is 123 cm³/mol. The Hall–Kier alpha value is -2.84. The van der Waals surface area contributed by atoms with E-state index in [1.807, 2.05) is 25.2 Å². The third kappa shape index (κ3) is 5.07. The van der Waals surface area contributed by atoms with Crippen molar-refractivity contribution >= 4 is 17.7 Å². The second-order valence-electron chi connectivity index (χ2n) is 9.53. The van der Waals surface area contributed by atoms with Crippen LogP contribution in [0.2, 0.25) is 0 Å². The summed E-state index contributed by atoms with van der Waals surface area (Å²) in [6.07, 6.45) is 6.98. The maximum absolute atomic E-state index is 13.3. The molecule has 0 radical (unpaired) electrons. The summed E-state index contributed by atoms with van der Waals surface area (Å²) in [5.74, 6) is -0.457. The topological polar surface area (TPSA) is 101 Å². The van der Waals surface area contributed by atoms with Gasteiger partial charge in [0.25, 0.3) is 5.91 Å². The molecule has 4 rings (SSSR count). The van der Waals surface area contributed by atoms with Crippen LogP contribution in [0.5, 0.6) is 0 Å². The molecule has 2 aliphatic rings. The molecule has 1 amide bonds. The lowest BCUT2D eigenvalue weighted by Crippen LogP contribution is -2.54. The van der Waals surface area contributed by atoms with Crippen molar-refractivity contribution in [3.05, 3.63) is 54.2 Å². The summed E-state index contributed by atoms with van der Waals surface area (Å²) in [5.41, 5.74) is -1.04. The van der Waals surface area contributed by atoms with Crippen LogP contribution in [0, 0.1) is 5.92 Å². The van der Waals surface area contributed by atoms with E-state index in [1.54, 1.807) is 30.5 Å². The minimum atomic E-state index is -1.64. The molecular formula is C25H33N4O4+. The normalized spacial score (nSPS) is 24.8. The third-order valence-corrected chi connectivity index (χ3v) is 7.31.